The molecule has 2 heteroatoms. The van der Waals surface area contributed by atoms with Crippen LogP contribution in [0.15, 0.2) is 11.6 Å². The van der Waals surface area contributed by atoms with E-state index in [1.165, 1.54) is 5.57 Å². The number of ether oxygens (including phenoxy) is 1. The van der Waals surface area contributed by atoms with Crippen LogP contribution < -0.4 is 0 Å². The summed E-state index contributed by atoms with van der Waals surface area (Å²) in [4.78, 5) is 2.41. The van der Waals surface area contributed by atoms with E-state index in [1.54, 1.807) is 0 Å². The Morgan fingerprint density at radius 2 is 2.00 bits per heavy atom. The zero-order chi connectivity index (χ0) is 8.10. The Balaban J connectivity index is 2.19. The fraction of sp³-hybridized carbons (Fsp3) is 0.778. The van der Waals surface area contributed by atoms with Gasteiger partial charge in [0.25, 0.3) is 0 Å². The van der Waals surface area contributed by atoms with Gasteiger partial charge in [-0.25, -0.2) is 0 Å². The Bertz CT molecular complexity index is 132. The normalized spacial score (nSPS) is 19.8. The van der Waals surface area contributed by atoms with Crippen LogP contribution >= 0.6 is 0 Å². The van der Waals surface area contributed by atoms with Crippen molar-refractivity contribution >= 4 is 0 Å². The van der Waals surface area contributed by atoms with Gasteiger partial charge in [-0.1, -0.05) is 11.6 Å². The Morgan fingerprint density at radius 1 is 1.36 bits per heavy atom. The highest BCUT2D eigenvalue weighted by Crippen LogP contribution is 1.98. The number of hydrogen-bond acceptors (Lipinski definition) is 2. The highest BCUT2D eigenvalue weighted by atomic mass is 16.5. The number of morpholine rings is 1. The molecule has 64 valence electrons. The molecule has 1 heterocycles. The third-order valence-electron chi connectivity index (χ3n) is 1.86. The van der Waals surface area contributed by atoms with Crippen molar-refractivity contribution < 1.29 is 4.74 Å². The largest absolute Gasteiger partial charge is 0.379 e. The van der Waals surface area contributed by atoms with E-state index in [1.807, 2.05) is 0 Å². The summed E-state index contributed by atoms with van der Waals surface area (Å²) < 4.78 is 5.24. The van der Waals surface area contributed by atoms with E-state index in [0.29, 0.717) is 0 Å². The van der Waals surface area contributed by atoms with Gasteiger partial charge >= 0.3 is 0 Å². The minimum Gasteiger partial charge on any atom is -0.379 e. The van der Waals surface area contributed by atoms with Crippen LogP contribution in [0.4, 0.5) is 0 Å². The van der Waals surface area contributed by atoms with Gasteiger partial charge in [0, 0.05) is 19.6 Å². The molecule has 0 amide bonds. The molecular formula is C9H17NO. The maximum Gasteiger partial charge on any atom is 0.0594 e. The third-order valence-corrected chi connectivity index (χ3v) is 1.86. The molecule has 1 saturated heterocycles. The number of rotatable bonds is 2. The molecule has 0 atom stereocenters. The highest BCUT2D eigenvalue weighted by Gasteiger charge is 2.07. The van der Waals surface area contributed by atoms with Crippen LogP contribution in [0.1, 0.15) is 13.8 Å². The smallest absolute Gasteiger partial charge is 0.0594 e. The van der Waals surface area contributed by atoms with E-state index in [-0.39, 0.29) is 0 Å². The van der Waals surface area contributed by atoms with Crippen LogP contribution in [-0.2, 0) is 4.74 Å². The van der Waals surface area contributed by atoms with Crippen molar-refractivity contribution in [1.82, 2.24) is 4.90 Å². The second-order valence-electron chi connectivity index (χ2n) is 3.19. The van der Waals surface area contributed by atoms with Crippen molar-refractivity contribution in [2.45, 2.75) is 13.8 Å². The van der Waals surface area contributed by atoms with Crippen LogP contribution in [0.5, 0.6) is 0 Å². The van der Waals surface area contributed by atoms with Gasteiger partial charge in [-0.2, -0.15) is 0 Å². The molecule has 1 aliphatic heterocycles. The Labute approximate surface area is 68.8 Å². The molecule has 0 aromatic rings. The third kappa shape index (κ3) is 3.54. The maximum atomic E-state index is 5.24. The summed E-state index contributed by atoms with van der Waals surface area (Å²) in [7, 11) is 0. The molecule has 1 fully saturated rings. The summed E-state index contributed by atoms with van der Waals surface area (Å²) >= 11 is 0. The van der Waals surface area contributed by atoms with Gasteiger partial charge < -0.3 is 4.74 Å². The van der Waals surface area contributed by atoms with Crippen LogP contribution in [0.2, 0.25) is 0 Å². The molecule has 0 N–H and O–H groups in total. The van der Waals surface area contributed by atoms with Gasteiger partial charge in [-0.3, -0.25) is 4.90 Å². The van der Waals surface area contributed by atoms with E-state index >= 15 is 0 Å². The fourth-order valence-corrected chi connectivity index (χ4v) is 1.10. The van der Waals surface area contributed by atoms with Crippen molar-refractivity contribution in [3.63, 3.8) is 0 Å². The van der Waals surface area contributed by atoms with Gasteiger partial charge in [0.2, 0.25) is 0 Å². The van der Waals surface area contributed by atoms with Crippen molar-refractivity contribution in [2.75, 3.05) is 32.8 Å². The first kappa shape index (κ1) is 8.75. The molecule has 0 aliphatic carbocycles. The van der Waals surface area contributed by atoms with Crippen LogP contribution in [-0.4, -0.2) is 37.7 Å². The summed E-state index contributed by atoms with van der Waals surface area (Å²) in [6.07, 6.45) is 2.27. The van der Waals surface area contributed by atoms with Crippen molar-refractivity contribution in [1.29, 1.82) is 0 Å². The number of allylic oxidation sites excluding steroid dienone is 1. The van der Waals surface area contributed by atoms with Crippen LogP contribution in [0, 0.1) is 0 Å². The summed E-state index contributed by atoms with van der Waals surface area (Å²) in [5.41, 5.74) is 1.40. The lowest BCUT2D eigenvalue weighted by atomic mass is 10.3. The highest BCUT2D eigenvalue weighted by molar-refractivity contribution is 4.95. The minimum atomic E-state index is 0.899. The lowest BCUT2D eigenvalue weighted by molar-refractivity contribution is 0.0433. The van der Waals surface area contributed by atoms with Crippen molar-refractivity contribution in [3.05, 3.63) is 11.6 Å². The SMILES string of the molecule is CC(C)=CCN1CCOCC1. The lowest BCUT2D eigenvalue weighted by Crippen LogP contribution is -2.36. The van der Waals surface area contributed by atoms with E-state index in [0.717, 1.165) is 32.8 Å². The molecule has 0 aromatic carbocycles. The second-order valence-corrected chi connectivity index (χ2v) is 3.19. The van der Waals surface area contributed by atoms with Gasteiger partial charge in [0.05, 0.1) is 13.2 Å². The first-order chi connectivity index (χ1) is 5.29. The van der Waals surface area contributed by atoms with E-state index in [9.17, 15) is 0 Å². The number of hydrogen-bond donors (Lipinski definition) is 0. The average Bonchev–Trinajstić information content (AvgIpc) is 2.03. The van der Waals surface area contributed by atoms with E-state index in [4.69, 9.17) is 4.74 Å². The fourth-order valence-electron chi connectivity index (χ4n) is 1.10. The first-order valence-electron chi connectivity index (χ1n) is 4.22. The minimum absolute atomic E-state index is 0.899. The first-order valence-corrected chi connectivity index (χ1v) is 4.22. The van der Waals surface area contributed by atoms with E-state index in [2.05, 4.69) is 24.8 Å². The Hall–Kier alpha value is -0.340. The molecular weight excluding hydrogens is 138 g/mol. The molecule has 0 bridgehead atoms. The van der Waals surface area contributed by atoms with Crippen molar-refractivity contribution in [3.8, 4) is 0 Å². The molecule has 1 rings (SSSR count). The lowest BCUT2D eigenvalue weighted by Gasteiger charge is -2.25. The van der Waals surface area contributed by atoms with Gasteiger partial charge in [0.15, 0.2) is 0 Å². The van der Waals surface area contributed by atoms with Crippen LogP contribution in [0.3, 0.4) is 0 Å². The summed E-state index contributed by atoms with van der Waals surface area (Å²) in [5, 5.41) is 0. The maximum absolute atomic E-state index is 5.24. The average molecular weight is 155 g/mol. The zero-order valence-electron chi connectivity index (χ0n) is 7.47. The number of nitrogens with zero attached hydrogens (tertiary/aromatic N) is 1. The van der Waals surface area contributed by atoms with Crippen LogP contribution in [0.25, 0.3) is 0 Å². The van der Waals surface area contributed by atoms with Gasteiger partial charge in [-0.15, -0.1) is 0 Å². The Kier molecular flexibility index (Phi) is 3.60. The summed E-state index contributed by atoms with van der Waals surface area (Å²) in [6.45, 7) is 9.34. The molecule has 0 spiro atoms. The van der Waals surface area contributed by atoms with Gasteiger partial charge in [-0.05, 0) is 13.8 Å². The van der Waals surface area contributed by atoms with Crippen molar-refractivity contribution in [2.24, 2.45) is 0 Å². The molecule has 0 saturated carbocycles. The molecule has 0 unspecified atom stereocenters. The second kappa shape index (κ2) is 4.52. The van der Waals surface area contributed by atoms with E-state index < -0.39 is 0 Å². The summed E-state index contributed by atoms with van der Waals surface area (Å²) in [5.74, 6) is 0. The quantitative estimate of drug-likeness (QED) is 0.557. The monoisotopic (exact) mass is 155 g/mol. The molecule has 2 nitrogen and oxygen atoms in total. The van der Waals surface area contributed by atoms with Gasteiger partial charge in [0.1, 0.15) is 0 Å². The molecule has 0 radical (unpaired) electrons. The standard InChI is InChI=1S/C9H17NO/c1-9(2)3-4-10-5-7-11-8-6-10/h3H,4-8H2,1-2H3. The Morgan fingerprint density at radius 3 is 2.55 bits per heavy atom. The topological polar surface area (TPSA) is 12.5 Å². The summed E-state index contributed by atoms with van der Waals surface area (Å²) in [6, 6.07) is 0. The molecule has 1 aliphatic rings. The predicted octanol–water partition coefficient (Wildman–Crippen LogP) is 1.28. The molecule has 11 heavy (non-hydrogen) atoms. The zero-order valence-corrected chi connectivity index (χ0v) is 7.47. The molecule has 0 aromatic heterocycles. The predicted molar refractivity (Wildman–Crippen MR) is 46.7 cm³/mol.